The molecule has 2 aromatic rings. The molecule has 0 amide bonds. The summed E-state index contributed by atoms with van der Waals surface area (Å²) in [5.41, 5.74) is 2.79. The van der Waals surface area contributed by atoms with Crippen LogP contribution in [0, 0.1) is 11.3 Å². The molecule has 0 saturated carbocycles. The van der Waals surface area contributed by atoms with Gasteiger partial charge in [0.25, 0.3) is 0 Å². The van der Waals surface area contributed by atoms with Crippen LogP contribution in [-0.4, -0.2) is 46.4 Å². The molecule has 1 aliphatic rings. The summed E-state index contributed by atoms with van der Waals surface area (Å²) >= 11 is 0. The third-order valence-corrected chi connectivity index (χ3v) is 4.97. The summed E-state index contributed by atoms with van der Waals surface area (Å²) in [5.74, 6) is 2.32. The summed E-state index contributed by atoms with van der Waals surface area (Å²) in [4.78, 5) is 6.64. The maximum atomic E-state index is 9.03. The Morgan fingerprint density at radius 2 is 1.97 bits per heavy atom. The first-order valence-electron chi connectivity index (χ1n) is 9.59. The van der Waals surface area contributed by atoms with Gasteiger partial charge in [-0.3, -0.25) is 4.99 Å². The predicted octanol–water partition coefficient (Wildman–Crippen LogP) is 2.52. The van der Waals surface area contributed by atoms with Gasteiger partial charge in [0.2, 0.25) is 0 Å². The minimum atomic E-state index is 0.281. The molecule has 2 N–H and O–H groups in total. The quantitative estimate of drug-likeness (QED) is 0.580. The first kappa shape index (κ1) is 20.3. The lowest BCUT2D eigenvalue weighted by Gasteiger charge is -2.21. The Morgan fingerprint density at radius 3 is 2.62 bits per heavy atom. The van der Waals surface area contributed by atoms with Gasteiger partial charge in [-0.2, -0.15) is 5.26 Å². The van der Waals surface area contributed by atoms with E-state index in [1.54, 1.807) is 27.3 Å². The summed E-state index contributed by atoms with van der Waals surface area (Å²) < 4.78 is 10.8. The number of nitriles is 1. The van der Waals surface area contributed by atoms with E-state index in [0.29, 0.717) is 12.1 Å². The fourth-order valence-electron chi connectivity index (χ4n) is 3.41. The van der Waals surface area contributed by atoms with Crippen molar-refractivity contribution in [1.29, 1.82) is 5.26 Å². The molecule has 0 spiro atoms. The van der Waals surface area contributed by atoms with Gasteiger partial charge in [0.1, 0.15) is 11.5 Å². The number of nitrogens with zero attached hydrogens (tertiary/aromatic N) is 3. The van der Waals surface area contributed by atoms with E-state index in [1.807, 2.05) is 36.4 Å². The number of guanidine groups is 1. The highest BCUT2D eigenvalue weighted by Crippen LogP contribution is 2.30. The van der Waals surface area contributed by atoms with E-state index < -0.39 is 0 Å². The van der Waals surface area contributed by atoms with Gasteiger partial charge in [-0.25, -0.2) is 0 Å². The van der Waals surface area contributed by atoms with Crippen molar-refractivity contribution in [3.8, 4) is 17.6 Å². The van der Waals surface area contributed by atoms with Crippen LogP contribution in [0.1, 0.15) is 17.5 Å². The molecule has 152 valence electrons. The van der Waals surface area contributed by atoms with E-state index in [1.165, 1.54) is 0 Å². The Morgan fingerprint density at radius 1 is 1.21 bits per heavy atom. The highest BCUT2D eigenvalue weighted by atomic mass is 16.5. The SMILES string of the molecule is CN=C(NCc1cccc(C#N)c1)NC1CCN(c2cc(OC)cc(OC)c2)C1. The highest BCUT2D eigenvalue weighted by Gasteiger charge is 2.24. The van der Waals surface area contributed by atoms with E-state index in [0.717, 1.165) is 48.2 Å². The minimum absolute atomic E-state index is 0.281. The maximum Gasteiger partial charge on any atom is 0.191 e. The van der Waals surface area contributed by atoms with E-state index >= 15 is 0 Å². The van der Waals surface area contributed by atoms with Crippen molar-refractivity contribution in [3.05, 3.63) is 53.6 Å². The summed E-state index contributed by atoms with van der Waals surface area (Å²) in [5, 5.41) is 15.9. The molecule has 1 unspecified atom stereocenters. The third kappa shape index (κ3) is 5.32. The number of aliphatic imine (C=N–C) groups is 1. The third-order valence-electron chi connectivity index (χ3n) is 4.97. The van der Waals surface area contributed by atoms with Crippen molar-refractivity contribution in [2.75, 3.05) is 39.3 Å². The molecule has 3 rings (SSSR count). The monoisotopic (exact) mass is 393 g/mol. The van der Waals surface area contributed by atoms with Crippen LogP contribution in [0.15, 0.2) is 47.5 Å². The van der Waals surface area contributed by atoms with Crippen molar-refractivity contribution in [2.45, 2.75) is 19.0 Å². The van der Waals surface area contributed by atoms with Gasteiger partial charge in [-0.05, 0) is 24.1 Å². The van der Waals surface area contributed by atoms with Crippen molar-refractivity contribution >= 4 is 11.6 Å². The van der Waals surface area contributed by atoms with Crippen LogP contribution in [0.4, 0.5) is 5.69 Å². The van der Waals surface area contributed by atoms with Gasteiger partial charge in [-0.1, -0.05) is 12.1 Å². The number of rotatable bonds is 6. The minimum Gasteiger partial charge on any atom is -0.497 e. The normalized spacial score (nSPS) is 16.3. The van der Waals surface area contributed by atoms with Crippen molar-refractivity contribution in [1.82, 2.24) is 10.6 Å². The smallest absolute Gasteiger partial charge is 0.191 e. The average Bonchev–Trinajstić information content (AvgIpc) is 3.24. The molecule has 7 nitrogen and oxygen atoms in total. The lowest BCUT2D eigenvalue weighted by molar-refractivity contribution is 0.394. The predicted molar refractivity (Wildman–Crippen MR) is 115 cm³/mol. The van der Waals surface area contributed by atoms with Crippen LogP contribution in [-0.2, 0) is 6.54 Å². The summed E-state index contributed by atoms with van der Waals surface area (Å²) in [6, 6.07) is 16.0. The zero-order valence-electron chi connectivity index (χ0n) is 17.1. The van der Waals surface area contributed by atoms with E-state index in [4.69, 9.17) is 14.7 Å². The zero-order chi connectivity index (χ0) is 20.6. The molecule has 0 aliphatic carbocycles. The average molecular weight is 393 g/mol. The molecule has 1 aliphatic heterocycles. The van der Waals surface area contributed by atoms with Crippen LogP contribution < -0.4 is 25.0 Å². The van der Waals surface area contributed by atoms with Gasteiger partial charge >= 0.3 is 0 Å². The van der Waals surface area contributed by atoms with Gasteiger partial charge in [-0.15, -0.1) is 0 Å². The molecule has 1 atom stereocenters. The molecule has 1 fully saturated rings. The fourth-order valence-corrected chi connectivity index (χ4v) is 3.41. The number of methoxy groups -OCH3 is 2. The van der Waals surface area contributed by atoms with Crippen LogP contribution in [0.3, 0.4) is 0 Å². The Balaban J connectivity index is 1.57. The Labute approximate surface area is 172 Å². The standard InChI is InChI=1S/C22H27N5O2/c1-24-22(25-14-17-6-4-5-16(9-17)13-23)26-18-7-8-27(15-18)19-10-20(28-2)12-21(11-19)29-3/h4-6,9-12,18H,7-8,14-15H2,1-3H3,(H2,24,25,26). The molecule has 0 aromatic heterocycles. The van der Waals surface area contributed by atoms with Crippen LogP contribution >= 0.6 is 0 Å². The van der Waals surface area contributed by atoms with Gasteiger partial charge in [0.05, 0.1) is 25.9 Å². The molecule has 0 bridgehead atoms. The van der Waals surface area contributed by atoms with Crippen LogP contribution in [0.2, 0.25) is 0 Å². The van der Waals surface area contributed by atoms with Crippen LogP contribution in [0.25, 0.3) is 0 Å². The first-order valence-corrected chi connectivity index (χ1v) is 9.59. The van der Waals surface area contributed by atoms with Gasteiger partial charge in [0, 0.05) is 56.6 Å². The maximum absolute atomic E-state index is 9.03. The number of hydrogen-bond acceptors (Lipinski definition) is 5. The second-order valence-electron chi connectivity index (χ2n) is 6.88. The second-order valence-corrected chi connectivity index (χ2v) is 6.88. The zero-order valence-corrected chi connectivity index (χ0v) is 17.1. The first-order chi connectivity index (χ1) is 14.1. The molecular formula is C22H27N5O2. The number of nitrogens with one attached hydrogen (secondary N) is 2. The van der Waals surface area contributed by atoms with Gasteiger partial charge < -0.3 is 25.0 Å². The summed E-state index contributed by atoms with van der Waals surface area (Å²) in [7, 11) is 5.09. The van der Waals surface area contributed by atoms with E-state index in [9.17, 15) is 0 Å². The topological polar surface area (TPSA) is 81.9 Å². The Kier molecular flexibility index (Phi) is 6.80. The molecule has 1 heterocycles. The number of ether oxygens (including phenoxy) is 2. The Hall–Kier alpha value is -3.40. The highest BCUT2D eigenvalue weighted by molar-refractivity contribution is 5.80. The molecule has 29 heavy (non-hydrogen) atoms. The Bertz CT molecular complexity index is 884. The van der Waals surface area contributed by atoms with E-state index in [2.05, 4.69) is 26.6 Å². The molecule has 7 heteroatoms. The van der Waals surface area contributed by atoms with E-state index in [-0.39, 0.29) is 6.04 Å². The summed E-state index contributed by atoms with van der Waals surface area (Å²) in [6.07, 6.45) is 1.00. The van der Waals surface area contributed by atoms with Gasteiger partial charge in [0.15, 0.2) is 5.96 Å². The van der Waals surface area contributed by atoms with Crippen molar-refractivity contribution in [2.24, 2.45) is 4.99 Å². The fraction of sp³-hybridized carbons (Fsp3) is 0.364. The lowest BCUT2D eigenvalue weighted by Crippen LogP contribution is -2.44. The van der Waals surface area contributed by atoms with Crippen molar-refractivity contribution < 1.29 is 9.47 Å². The largest absolute Gasteiger partial charge is 0.497 e. The molecule has 1 saturated heterocycles. The lowest BCUT2D eigenvalue weighted by atomic mass is 10.1. The number of anilines is 1. The molecular weight excluding hydrogens is 366 g/mol. The summed E-state index contributed by atoms with van der Waals surface area (Å²) in [6.45, 7) is 2.41. The van der Waals surface area contributed by atoms with Crippen molar-refractivity contribution in [3.63, 3.8) is 0 Å². The number of benzene rings is 2. The molecule has 0 radical (unpaired) electrons. The van der Waals surface area contributed by atoms with Crippen LogP contribution in [0.5, 0.6) is 11.5 Å². The number of hydrogen-bond donors (Lipinski definition) is 2. The second kappa shape index (κ2) is 9.69. The molecule has 2 aromatic carbocycles.